The number of nitrogens with one attached hydrogen (secondary N) is 1. The van der Waals surface area contributed by atoms with E-state index in [0.717, 1.165) is 12.1 Å². The SMILES string of the molecule is CCOC(=O)c1n[nH]nc1-c1ccc([N+](=O)[O-])c([N+](=O)[O-])c1. The molecule has 0 saturated heterocycles. The van der Waals surface area contributed by atoms with E-state index in [9.17, 15) is 25.0 Å². The van der Waals surface area contributed by atoms with Crippen molar-refractivity contribution in [3.63, 3.8) is 0 Å². The Hall–Kier alpha value is -3.37. The highest BCUT2D eigenvalue weighted by Gasteiger charge is 2.27. The molecule has 0 atom stereocenters. The van der Waals surface area contributed by atoms with Gasteiger partial charge in [0, 0.05) is 17.7 Å². The summed E-state index contributed by atoms with van der Waals surface area (Å²) < 4.78 is 4.78. The average Bonchev–Trinajstić information content (AvgIpc) is 2.96. The Kier molecular flexibility index (Phi) is 4.06. The zero-order valence-corrected chi connectivity index (χ0v) is 11.2. The summed E-state index contributed by atoms with van der Waals surface area (Å²) in [4.78, 5) is 31.7. The van der Waals surface area contributed by atoms with E-state index in [4.69, 9.17) is 4.74 Å². The van der Waals surface area contributed by atoms with Crippen LogP contribution in [0.3, 0.4) is 0 Å². The van der Waals surface area contributed by atoms with Gasteiger partial charge in [-0.25, -0.2) is 4.79 Å². The van der Waals surface area contributed by atoms with Crippen LogP contribution in [0.2, 0.25) is 0 Å². The molecule has 2 aromatic rings. The zero-order chi connectivity index (χ0) is 16.3. The first-order chi connectivity index (χ1) is 10.5. The standard InChI is InChI=1S/C11H9N5O6/c1-2-22-11(17)10-9(12-14-13-10)6-3-4-7(15(18)19)8(5-6)16(20)21/h3-5H,2H2,1H3,(H,12,13,14). The summed E-state index contributed by atoms with van der Waals surface area (Å²) in [5.74, 6) is -0.757. The van der Waals surface area contributed by atoms with Crippen LogP contribution in [0.25, 0.3) is 11.3 Å². The van der Waals surface area contributed by atoms with Gasteiger partial charge < -0.3 is 4.74 Å². The Bertz CT molecular complexity index is 755. The number of hydrogen-bond donors (Lipinski definition) is 1. The lowest BCUT2D eigenvalue weighted by molar-refractivity contribution is -0.422. The van der Waals surface area contributed by atoms with Gasteiger partial charge in [-0.15, -0.1) is 5.10 Å². The highest BCUT2D eigenvalue weighted by molar-refractivity contribution is 5.94. The molecule has 0 bridgehead atoms. The molecule has 22 heavy (non-hydrogen) atoms. The van der Waals surface area contributed by atoms with Crippen molar-refractivity contribution < 1.29 is 19.4 Å². The molecule has 0 fully saturated rings. The minimum absolute atomic E-state index is 0.0106. The van der Waals surface area contributed by atoms with Crippen molar-refractivity contribution in [2.75, 3.05) is 6.61 Å². The number of carbonyl (C=O) groups is 1. The third kappa shape index (κ3) is 2.72. The molecule has 0 aliphatic carbocycles. The number of aromatic nitrogens is 3. The largest absolute Gasteiger partial charge is 0.461 e. The first-order valence-electron chi connectivity index (χ1n) is 5.96. The Morgan fingerprint density at radius 3 is 2.50 bits per heavy atom. The van der Waals surface area contributed by atoms with Crippen LogP contribution in [0.4, 0.5) is 11.4 Å². The second-order valence-electron chi connectivity index (χ2n) is 3.96. The van der Waals surface area contributed by atoms with Gasteiger partial charge in [0.25, 0.3) is 0 Å². The lowest BCUT2D eigenvalue weighted by atomic mass is 10.1. The fourth-order valence-corrected chi connectivity index (χ4v) is 1.75. The molecular weight excluding hydrogens is 298 g/mol. The van der Waals surface area contributed by atoms with E-state index in [1.807, 2.05) is 0 Å². The first kappa shape index (κ1) is 15.0. The number of nitrogens with zero attached hydrogens (tertiary/aromatic N) is 4. The predicted molar refractivity (Wildman–Crippen MR) is 71.1 cm³/mol. The molecule has 0 saturated carbocycles. The number of H-pyrrole nitrogens is 1. The smallest absolute Gasteiger partial charge is 0.361 e. The van der Waals surface area contributed by atoms with E-state index in [1.165, 1.54) is 6.07 Å². The van der Waals surface area contributed by atoms with Crippen molar-refractivity contribution in [1.82, 2.24) is 15.4 Å². The summed E-state index contributed by atoms with van der Waals surface area (Å²) in [6, 6.07) is 3.17. The van der Waals surface area contributed by atoms with Gasteiger partial charge in [0.05, 0.1) is 16.5 Å². The number of ether oxygens (including phenoxy) is 1. The van der Waals surface area contributed by atoms with Crippen LogP contribution < -0.4 is 0 Å². The lowest BCUT2D eigenvalue weighted by Gasteiger charge is -2.01. The van der Waals surface area contributed by atoms with E-state index in [0.29, 0.717) is 0 Å². The molecule has 2 rings (SSSR count). The molecule has 0 unspecified atom stereocenters. The topological polar surface area (TPSA) is 154 Å². The van der Waals surface area contributed by atoms with Crippen LogP contribution in [0.5, 0.6) is 0 Å². The summed E-state index contributed by atoms with van der Waals surface area (Å²) in [6.07, 6.45) is 0. The van der Waals surface area contributed by atoms with E-state index in [1.54, 1.807) is 6.92 Å². The Morgan fingerprint density at radius 1 is 1.23 bits per heavy atom. The van der Waals surface area contributed by atoms with Crippen LogP contribution >= 0.6 is 0 Å². The lowest BCUT2D eigenvalue weighted by Crippen LogP contribution is -2.07. The van der Waals surface area contributed by atoms with Gasteiger partial charge >= 0.3 is 17.3 Å². The second-order valence-corrected chi connectivity index (χ2v) is 3.96. The summed E-state index contributed by atoms with van der Waals surface area (Å²) in [5.41, 5.74) is -1.38. The highest BCUT2D eigenvalue weighted by Crippen LogP contribution is 2.32. The van der Waals surface area contributed by atoms with E-state index in [2.05, 4.69) is 15.4 Å². The zero-order valence-electron chi connectivity index (χ0n) is 11.2. The third-order valence-electron chi connectivity index (χ3n) is 2.66. The van der Waals surface area contributed by atoms with Gasteiger partial charge in [-0.05, 0) is 13.0 Å². The summed E-state index contributed by atoms with van der Waals surface area (Å²) >= 11 is 0. The fraction of sp³-hybridized carbons (Fsp3) is 0.182. The summed E-state index contributed by atoms with van der Waals surface area (Å²) in [6.45, 7) is 1.72. The van der Waals surface area contributed by atoms with Crippen molar-refractivity contribution >= 4 is 17.3 Å². The van der Waals surface area contributed by atoms with E-state index in [-0.39, 0.29) is 23.6 Å². The van der Waals surface area contributed by atoms with Crippen molar-refractivity contribution in [2.24, 2.45) is 0 Å². The van der Waals surface area contributed by atoms with Crippen LogP contribution in [0, 0.1) is 20.2 Å². The minimum atomic E-state index is -0.883. The summed E-state index contributed by atoms with van der Waals surface area (Å²) in [5, 5.41) is 31.3. The van der Waals surface area contributed by atoms with Gasteiger partial charge in [0.15, 0.2) is 5.69 Å². The van der Waals surface area contributed by atoms with Gasteiger partial charge in [-0.2, -0.15) is 10.3 Å². The number of nitro benzene ring substituents is 2. The van der Waals surface area contributed by atoms with Crippen LogP contribution in [-0.4, -0.2) is 37.8 Å². The Morgan fingerprint density at radius 2 is 1.91 bits per heavy atom. The van der Waals surface area contributed by atoms with Crippen molar-refractivity contribution in [1.29, 1.82) is 0 Å². The Labute approximate surface area is 122 Å². The molecular formula is C11H9N5O6. The maximum atomic E-state index is 11.7. The van der Waals surface area contributed by atoms with Crippen molar-refractivity contribution in [3.05, 3.63) is 44.1 Å². The third-order valence-corrected chi connectivity index (χ3v) is 2.66. The average molecular weight is 307 g/mol. The molecule has 0 radical (unpaired) electrons. The molecule has 0 aliphatic rings. The molecule has 1 heterocycles. The van der Waals surface area contributed by atoms with Gasteiger partial charge in [0.2, 0.25) is 0 Å². The van der Waals surface area contributed by atoms with E-state index < -0.39 is 27.2 Å². The number of aromatic amines is 1. The molecule has 1 N–H and O–H groups in total. The molecule has 1 aromatic carbocycles. The molecule has 114 valence electrons. The highest BCUT2D eigenvalue weighted by atomic mass is 16.6. The number of benzene rings is 1. The monoisotopic (exact) mass is 307 g/mol. The predicted octanol–water partition coefficient (Wildman–Crippen LogP) is 1.46. The number of hydrogen-bond acceptors (Lipinski definition) is 8. The van der Waals surface area contributed by atoms with Crippen LogP contribution in [0.1, 0.15) is 17.4 Å². The number of nitro groups is 2. The molecule has 0 spiro atoms. The fourth-order valence-electron chi connectivity index (χ4n) is 1.75. The van der Waals surface area contributed by atoms with Crippen molar-refractivity contribution in [3.8, 4) is 11.3 Å². The van der Waals surface area contributed by atoms with Crippen LogP contribution in [-0.2, 0) is 4.74 Å². The molecule has 11 heteroatoms. The maximum absolute atomic E-state index is 11.7. The van der Waals surface area contributed by atoms with Crippen molar-refractivity contribution in [2.45, 2.75) is 6.92 Å². The molecule has 0 amide bonds. The van der Waals surface area contributed by atoms with Gasteiger partial charge in [-0.3, -0.25) is 20.2 Å². The van der Waals surface area contributed by atoms with E-state index >= 15 is 0 Å². The second kappa shape index (κ2) is 5.95. The van der Waals surface area contributed by atoms with Gasteiger partial charge in [-0.1, -0.05) is 0 Å². The van der Waals surface area contributed by atoms with Gasteiger partial charge in [0.1, 0.15) is 5.69 Å². The molecule has 11 nitrogen and oxygen atoms in total. The van der Waals surface area contributed by atoms with Crippen LogP contribution in [0.15, 0.2) is 18.2 Å². The Balaban J connectivity index is 2.53. The quantitative estimate of drug-likeness (QED) is 0.494. The molecule has 1 aromatic heterocycles. The maximum Gasteiger partial charge on any atom is 0.361 e. The normalized spacial score (nSPS) is 10.2. The minimum Gasteiger partial charge on any atom is -0.461 e. The number of esters is 1. The summed E-state index contributed by atoms with van der Waals surface area (Å²) in [7, 11) is 0. The number of rotatable bonds is 5. The molecule has 0 aliphatic heterocycles. The number of carbonyl (C=O) groups excluding carboxylic acids is 1. The first-order valence-corrected chi connectivity index (χ1v) is 5.96.